The van der Waals surface area contributed by atoms with Gasteiger partial charge in [0.25, 0.3) is 0 Å². The van der Waals surface area contributed by atoms with E-state index in [4.69, 9.17) is 4.84 Å². The van der Waals surface area contributed by atoms with E-state index in [-0.39, 0.29) is 5.91 Å². The van der Waals surface area contributed by atoms with Crippen LogP contribution in [0.4, 0.5) is 0 Å². The Morgan fingerprint density at radius 1 is 0.846 bits per heavy atom. The molecular formula is C23H41NO2. The minimum atomic E-state index is 0.0959. The van der Waals surface area contributed by atoms with Crippen molar-refractivity contribution in [3.63, 3.8) is 0 Å². The third-order valence-electron chi connectivity index (χ3n) is 7.53. The molecule has 3 saturated carbocycles. The molecule has 0 radical (unpaired) electrons. The molecule has 26 heavy (non-hydrogen) atoms. The molecule has 1 amide bonds. The van der Waals surface area contributed by atoms with Crippen LogP contribution in [0.15, 0.2) is 0 Å². The van der Waals surface area contributed by atoms with Crippen molar-refractivity contribution < 1.29 is 9.63 Å². The Hall–Kier alpha value is -0.570. The molecule has 0 aromatic carbocycles. The summed E-state index contributed by atoms with van der Waals surface area (Å²) in [7, 11) is 3.23. The Bertz CT molecular complexity index is 451. The normalized spacial score (nSPS) is 34.6. The second-order valence-electron chi connectivity index (χ2n) is 9.53. The predicted molar refractivity (Wildman–Crippen MR) is 106 cm³/mol. The van der Waals surface area contributed by atoms with E-state index in [1.165, 1.54) is 50.0 Å². The van der Waals surface area contributed by atoms with Gasteiger partial charge in [0.2, 0.25) is 5.91 Å². The van der Waals surface area contributed by atoms with E-state index < -0.39 is 0 Å². The summed E-state index contributed by atoms with van der Waals surface area (Å²) < 4.78 is 0. The van der Waals surface area contributed by atoms with Crippen LogP contribution in [0.2, 0.25) is 0 Å². The molecule has 0 N–H and O–H groups in total. The maximum atomic E-state index is 11.6. The predicted octanol–water partition coefficient (Wildman–Crippen LogP) is 5.84. The Morgan fingerprint density at radius 2 is 1.38 bits per heavy atom. The minimum absolute atomic E-state index is 0.0959. The van der Waals surface area contributed by atoms with Gasteiger partial charge in [-0.3, -0.25) is 9.63 Å². The van der Waals surface area contributed by atoms with Gasteiger partial charge in [0.1, 0.15) is 0 Å². The van der Waals surface area contributed by atoms with Gasteiger partial charge in [0.15, 0.2) is 0 Å². The van der Waals surface area contributed by atoms with Crippen molar-refractivity contribution in [3.05, 3.63) is 0 Å². The number of carbonyl (C=O) groups excluding carboxylic acids is 1. The number of amides is 1. The van der Waals surface area contributed by atoms with E-state index in [1.54, 1.807) is 39.8 Å². The van der Waals surface area contributed by atoms with Gasteiger partial charge in [0, 0.05) is 13.5 Å². The zero-order valence-electron chi connectivity index (χ0n) is 17.4. The highest BCUT2D eigenvalue weighted by molar-refractivity contribution is 5.74. The smallest absolute Gasteiger partial charge is 0.245 e. The summed E-state index contributed by atoms with van der Waals surface area (Å²) in [6, 6.07) is 0. The van der Waals surface area contributed by atoms with Crippen LogP contribution in [-0.2, 0) is 9.63 Å². The summed E-state index contributed by atoms with van der Waals surface area (Å²) in [6.45, 7) is 2.36. The molecule has 150 valence electrons. The molecule has 0 aromatic rings. The first kappa shape index (κ1) is 20.2. The average Bonchev–Trinajstić information content (AvgIpc) is 3.54. The molecule has 0 spiro atoms. The molecular weight excluding hydrogens is 322 g/mol. The molecule has 3 aliphatic carbocycles. The Balaban J connectivity index is 1.11. The SMILES string of the molecule is CCC1CC1CC1CC1CC1CC1CCCCCCCC(=O)N(C)OC. The molecule has 3 nitrogen and oxygen atoms in total. The number of hydroxylamine groups is 2. The Kier molecular flexibility index (Phi) is 7.43. The van der Waals surface area contributed by atoms with E-state index in [0.717, 1.165) is 41.9 Å². The second kappa shape index (κ2) is 9.57. The highest BCUT2D eigenvalue weighted by Crippen LogP contribution is 2.58. The highest BCUT2D eigenvalue weighted by atomic mass is 16.7. The minimum Gasteiger partial charge on any atom is -0.275 e. The summed E-state index contributed by atoms with van der Waals surface area (Å²) >= 11 is 0. The van der Waals surface area contributed by atoms with Crippen LogP contribution in [0, 0.1) is 35.5 Å². The molecule has 0 saturated heterocycles. The van der Waals surface area contributed by atoms with E-state index in [2.05, 4.69) is 6.92 Å². The maximum absolute atomic E-state index is 11.6. The second-order valence-corrected chi connectivity index (χ2v) is 9.53. The molecule has 6 unspecified atom stereocenters. The first-order valence-electron chi connectivity index (χ1n) is 11.4. The largest absolute Gasteiger partial charge is 0.275 e. The standard InChI is InChI=1S/C23H41NO2/c1-4-17-12-19(17)14-21-16-22(21)15-20-13-18(20)10-8-6-5-7-9-11-23(25)24(2)26-3/h17-22H,4-16H2,1-3H3. The van der Waals surface area contributed by atoms with Crippen LogP contribution in [0.25, 0.3) is 0 Å². The number of unbranched alkanes of at least 4 members (excludes halogenated alkanes) is 4. The number of nitrogens with zero attached hydrogens (tertiary/aromatic N) is 1. The molecule has 0 aromatic heterocycles. The molecule has 0 heterocycles. The van der Waals surface area contributed by atoms with Crippen molar-refractivity contribution in [1.29, 1.82) is 0 Å². The van der Waals surface area contributed by atoms with Gasteiger partial charge in [0.05, 0.1) is 7.11 Å². The van der Waals surface area contributed by atoms with Gasteiger partial charge in [-0.2, -0.15) is 0 Å². The fourth-order valence-electron chi connectivity index (χ4n) is 5.19. The lowest BCUT2D eigenvalue weighted by molar-refractivity contribution is -0.168. The molecule has 3 heteroatoms. The lowest BCUT2D eigenvalue weighted by atomic mass is 10.0. The van der Waals surface area contributed by atoms with Crippen molar-refractivity contribution in [2.45, 2.75) is 90.4 Å². The van der Waals surface area contributed by atoms with Crippen LogP contribution in [-0.4, -0.2) is 25.1 Å². The first-order chi connectivity index (χ1) is 12.6. The van der Waals surface area contributed by atoms with Gasteiger partial charge in [-0.15, -0.1) is 0 Å². The van der Waals surface area contributed by atoms with Gasteiger partial charge >= 0.3 is 0 Å². The van der Waals surface area contributed by atoms with Crippen molar-refractivity contribution in [2.75, 3.05) is 14.2 Å². The van der Waals surface area contributed by atoms with Crippen LogP contribution in [0.3, 0.4) is 0 Å². The first-order valence-corrected chi connectivity index (χ1v) is 11.4. The van der Waals surface area contributed by atoms with Gasteiger partial charge in [-0.05, 0) is 74.0 Å². The summed E-state index contributed by atoms with van der Waals surface area (Å²) in [6.07, 6.45) is 17.5. The molecule has 3 fully saturated rings. The number of carbonyl (C=O) groups is 1. The fraction of sp³-hybridized carbons (Fsp3) is 0.957. The van der Waals surface area contributed by atoms with Crippen molar-refractivity contribution in [3.8, 4) is 0 Å². The molecule has 0 aliphatic heterocycles. The third-order valence-corrected chi connectivity index (χ3v) is 7.53. The van der Waals surface area contributed by atoms with Crippen LogP contribution in [0.1, 0.15) is 90.4 Å². The quantitative estimate of drug-likeness (QED) is 0.287. The van der Waals surface area contributed by atoms with Gasteiger partial charge < -0.3 is 0 Å². The van der Waals surface area contributed by atoms with E-state index >= 15 is 0 Å². The summed E-state index contributed by atoms with van der Waals surface area (Å²) in [5.74, 6) is 6.71. The van der Waals surface area contributed by atoms with Crippen molar-refractivity contribution in [2.24, 2.45) is 35.5 Å². The number of rotatable bonds is 14. The lowest BCUT2D eigenvalue weighted by Gasteiger charge is -2.13. The Labute approximate surface area is 161 Å². The number of hydrogen-bond donors (Lipinski definition) is 0. The van der Waals surface area contributed by atoms with E-state index in [9.17, 15) is 4.79 Å². The molecule has 3 aliphatic rings. The van der Waals surface area contributed by atoms with Gasteiger partial charge in [-0.1, -0.05) is 45.4 Å². The topological polar surface area (TPSA) is 29.5 Å². The molecule has 0 bridgehead atoms. The lowest BCUT2D eigenvalue weighted by Crippen LogP contribution is -2.24. The van der Waals surface area contributed by atoms with Crippen LogP contribution >= 0.6 is 0 Å². The van der Waals surface area contributed by atoms with E-state index in [0.29, 0.717) is 6.42 Å². The maximum Gasteiger partial charge on any atom is 0.245 e. The Morgan fingerprint density at radius 3 is 2.04 bits per heavy atom. The molecule has 6 atom stereocenters. The highest BCUT2D eigenvalue weighted by Gasteiger charge is 2.48. The zero-order valence-corrected chi connectivity index (χ0v) is 17.4. The monoisotopic (exact) mass is 363 g/mol. The van der Waals surface area contributed by atoms with Crippen LogP contribution < -0.4 is 0 Å². The van der Waals surface area contributed by atoms with E-state index in [1.807, 2.05) is 0 Å². The van der Waals surface area contributed by atoms with Crippen LogP contribution in [0.5, 0.6) is 0 Å². The summed E-state index contributed by atoms with van der Waals surface area (Å²) in [5, 5.41) is 1.34. The summed E-state index contributed by atoms with van der Waals surface area (Å²) in [4.78, 5) is 16.5. The van der Waals surface area contributed by atoms with Gasteiger partial charge in [-0.25, -0.2) is 5.06 Å². The zero-order chi connectivity index (χ0) is 18.5. The van der Waals surface area contributed by atoms with Crippen molar-refractivity contribution in [1.82, 2.24) is 5.06 Å². The number of hydrogen-bond acceptors (Lipinski definition) is 2. The van der Waals surface area contributed by atoms with Crippen molar-refractivity contribution >= 4 is 5.91 Å². The average molecular weight is 364 g/mol. The molecule has 3 rings (SSSR count). The fourth-order valence-corrected chi connectivity index (χ4v) is 5.19. The third kappa shape index (κ3) is 6.25. The summed E-state index contributed by atoms with van der Waals surface area (Å²) in [5.41, 5.74) is 0.